The van der Waals surface area contributed by atoms with Crippen LogP contribution in [0.25, 0.3) is 78.1 Å². The monoisotopic (exact) mass is 612 g/mol. The minimum Gasteiger partial charge on any atom is -0.256 e. The van der Waals surface area contributed by atoms with E-state index in [-0.39, 0.29) is 0 Å². The molecule has 0 atom stereocenters. The highest BCUT2D eigenvalue weighted by Gasteiger charge is 2.11. The highest BCUT2D eigenvalue weighted by molar-refractivity contribution is 5.84. The first-order valence-corrected chi connectivity index (χ1v) is 16.2. The summed E-state index contributed by atoms with van der Waals surface area (Å²) in [6, 6.07) is 64.5. The van der Waals surface area contributed by atoms with Gasteiger partial charge in [-0.15, -0.1) is 0 Å². The van der Waals surface area contributed by atoms with Crippen LogP contribution in [0.15, 0.2) is 194 Å². The Morgan fingerprint density at radius 1 is 0.208 bits per heavy atom. The fourth-order valence-corrected chi connectivity index (χ4v) is 6.28. The maximum absolute atomic E-state index is 4.66. The Morgan fingerprint density at radius 3 is 0.958 bits per heavy atom. The molecule has 0 aliphatic heterocycles. The minimum absolute atomic E-state index is 0.964. The van der Waals surface area contributed by atoms with Crippen molar-refractivity contribution in [3.05, 3.63) is 194 Å². The van der Waals surface area contributed by atoms with Crippen LogP contribution in [0.2, 0.25) is 0 Å². The van der Waals surface area contributed by atoms with Crippen molar-refractivity contribution in [1.82, 2.24) is 9.97 Å². The van der Waals surface area contributed by atoms with Crippen molar-refractivity contribution in [1.29, 1.82) is 0 Å². The summed E-state index contributed by atoms with van der Waals surface area (Å²) in [5.74, 6) is 0. The highest BCUT2D eigenvalue weighted by atomic mass is 14.7. The van der Waals surface area contributed by atoms with E-state index in [9.17, 15) is 0 Å². The summed E-state index contributed by atoms with van der Waals surface area (Å²) in [6.07, 6.45) is 3.70. The normalized spacial score (nSPS) is 10.9. The second-order valence-electron chi connectivity index (χ2n) is 11.9. The average Bonchev–Trinajstić information content (AvgIpc) is 3.19. The SMILES string of the molecule is c1ccc(-c2cc(-c3ccc(-c4cccc(-c5cc(-c6ccccc6)cc(-c6ccccn6)c5)c4)cc3)cc(-c3ccccn3)c2)cc1. The second-order valence-corrected chi connectivity index (χ2v) is 11.9. The maximum Gasteiger partial charge on any atom is 0.0702 e. The van der Waals surface area contributed by atoms with Crippen molar-refractivity contribution >= 4 is 0 Å². The molecule has 2 aromatic heterocycles. The van der Waals surface area contributed by atoms with Crippen LogP contribution in [0.5, 0.6) is 0 Å². The zero-order valence-corrected chi connectivity index (χ0v) is 26.4. The lowest BCUT2D eigenvalue weighted by Gasteiger charge is -2.13. The van der Waals surface area contributed by atoms with E-state index in [2.05, 4.69) is 168 Å². The van der Waals surface area contributed by atoms with Crippen LogP contribution >= 0.6 is 0 Å². The molecule has 0 N–H and O–H groups in total. The van der Waals surface area contributed by atoms with Crippen molar-refractivity contribution in [2.45, 2.75) is 0 Å². The second kappa shape index (κ2) is 13.2. The van der Waals surface area contributed by atoms with Crippen molar-refractivity contribution < 1.29 is 0 Å². The van der Waals surface area contributed by atoms with Gasteiger partial charge >= 0.3 is 0 Å². The molecule has 0 amide bonds. The fourth-order valence-electron chi connectivity index (χ4n) is 6.28. The van der Waals surface area contributed by atoms with Gasteiger partial charge in [-0.25, -0.2) is 0 Å². The predicted molar refractivity (Wildman–Crippen MR) is 200 cm³/mol. The lowest BCUT2D eigenvalue weighted by atomic mass is 9.92. The lowest BCUT2D eigenvalue weighted by molar-refractivity contribution is 1.33. The molecule has 8 rings (SSSR count). The summed E-state index contributed by atoms with van der Waals surface area (Å²) >= 11 is 0. The van der Waals surface area contributed by atoms with Crippen LogP contribution in [0.1, 0.15) is 0 Å². The molecule has 0 saturated heterocycles. The molecule has 0 saturated carbocycles. The van der Waals surface area contributed by atoms with Gasteiger partial charge in [-0.05, 0) is 122 Å². The number of nitrogens with zero attached hydrogens (tertiary/aromatic N) is 2. The van der Waals surface area contributed by atoms with Gasteiger partial charge in [0.2, 0.25) is 0 Å². The summed E-state index contributed by atoms with van der Waals surface area (Å²) in [5, 5.41) is 0. The first kappa shape index (κ1) is 29.1. The van der Waals surface area contributed by atoms with Crippen LogP contribution in [-0.2, 0) is 0 Å². The van der Waals surface area contributed by atoms with Gasteiger partial charge in [0.1, 0.15) is 0 Å². The van der Waals surface area contributed by atoms with E-state index >= 15 is 0 Å². The van der Waals surface area contributed by atoms with Crippen molar-refractivity contribution in [2.75, 3.05) is 0 Å². The van der Waals surface area contributed by atoms with Gasteiger partial charge in [0.25, 0.3) is 0 Å². The molecule has 8 aromatic rings. The zero-order chi connectivity index (χ0) is 32.1. The maximum atomic E-state index is 4.66. The molecule has 2 heterocycles. The van der Waals surface area contributed by atoms with Crippen LogP contribution in [-0.4, -0.2) is 9.97 Å². The third kappa shape index (κ3) is 6.20. The Balaban J connectivity index is 1.16. The largest absolute Gasteiger partial charge is 0.256 e. The third-order valence-corrected chi connectivity index (χ3v) is 8.75. The summed E-state index contributed by atoms with van der Waals surface area (Å²) in [6.45, 7) is 0. The number of aromatic nitrogens is 2. The van der Waals surface area contributed by atoms with E-state index in [0.717, 1.165) is 33.6 Å². The lowest BCUT2D eigenvalue weighted by Crippen LogP contribution is -1.89. The molecule has 0 unspecified atom stereocenters. The fraction of sp³-hybridized carbons (Fsp3) is 0. The van der Waals surface area contributed by atoms with Crippen molar-refractivity contribution in [3.63, 3.8) is 0 Å². The number of rotatable bonds is 7. The zero-order valence-electron chi connectivity index (χ0n) is 26.4. The van der Waals surface area contributed by atoms with Gasteiger partial charge in [0.05, 0.1) is 11.4 Å². The summed E-state index contributed by atoms with van der Waals surface area (Å²) < 4.78 is 0. The van der Waals surface area contributed by atoms with Crippen LogP contribution in [0, 0.1) is 0 Å². The van der Waals surface area contributed by atoms with E-state index in [1.165, 1.54) is 44.5 Å². The Kier molecular flexibility index (Phi) is 7.96. The van der Waals surface area contributed by atoms with Gasteiger partial charge in [0, 0.05) is 23.5 Å². The molecule has 0 aliphatic rings. The molecule has 2 nitrogen and oxygen atoms in total. The predicted octanol–water partition coefficient (Wildman–Crippen LogP) is 12.1. The van der Waals surface area contributed by atoms with Gasteiger partial charge in [0.15, 0.2) is 0 Å². The van der Waals surface area contributed by atoms with Gasteiger partial charge in [-0.3, -0.25) is 9.97 Å². The molecule has 0 radical (unpaired) electrons. The standard InChI is InChI=1S/C46H32N2/c1-3-12-33(13-4-1)39-27-41(31-43(29-39)45-18-7-9-24-47-45)36-22-20-35(21-23-36)37-16-11-17-38(26-37)42-28-40(34-14-5-2-6-15-34)30-44(32-42)46-19-8-10-25-48-46/h1-32H. The van der Waals surface area contributed by atoms with Gasteiger partial charge in [-0.2, -0.15) is 0 Å². The average molecular weight is 613 g/mol. The van der Waals surface area contributed by atoms with Gasteiger partial charge in [-0.1, -0.05) is 115 Å². The Labute approximate surface area is 281 Å². The van der Waals surface area contributed by atoms with E-state index in [4.69, 9.17) is 0 Å². The number of pyridine rings is 2. The molecular formula is C46H32N2. The molecule has 6 aromatic carbocycles. The summed E-state index contributed by atoms with van der Waals surface area (Å²) in [4.78, 5) is 9.31. The molecule has 48 heavy (non-hydrogen) atoms. The minimum atomic E-state index is 0.964. The molecule has 2 heteroatoms. The van der Waals surface area contributed by atoms with E-state index < -0.39 is 0 Å². The van der Waals surface area contributed by atoms with E-state index in [1.54, 1.807) is 0 Å². The van der Waals surface area contributed by atoms with Gasteiger partial charge < -0.3 is 0 Å². The van der Waals surface area contributed by atoms with Crippen molar-refractivity contribution in [2.24, 2.45) is 0 Å². The highest BCUT2D eigenvalue weighted by Crippen LogP contribution is 2.36. The van der Waals surface area contributed by atoms with Crippen LogP contribution in [0.3, 0.4) is 0 Å². The van der Waals surface area contributed by atoms with Crippen LogP contribution < -0.4 is 0 Å². The quantitative estimate of drug-likeness (QED) is 0.179. The topological polar surface area (TPSA) is 25.8 Å². The van der Waals surface area contributed by atoms with E-state index in [0.29, 0.717) is 0 Å². The number of hydrogen-bond acceptors (Lipinski definition) is 2. The number of benzene rings is 6. The van der Waals surface area contributed by atoms with Crippen molar-refractivity contribution in [3.8, 4) is 78.1 Å². The molecule has 0 bridgehead atoms. The Bertz CT molecular complexity index is 2180. The first-order valence-electron chi connectivity index (χ1n) is 16.2. The Hall–Kier alpha value is -6.38. The third-order valence-electron chi connectivity index (χ3n) is 8.75. The molecule has 0 aliphatic carbocycles. The molecule has 226 valence electrons. The first-order chi connectivity index (χ1) is 23.8. The summed E-state index contributed by atoms with van der Waals surface area (Å²) in [5.41, 5.74) is 15.9. The van der Waals surface area contributed by atoms with E-state index in [1.807, 2.05) is 36.7 Å². The van der Waals surface area contributed by atoms with Crippen LogP contribution in [0.4, 0.5) is 0 Å². The Morgan fingerprint density at radius 2 is 0.521 bits per heavy atom. The molecule has 0 spiro atoms. The number of hydrogen-bond donors (Lipinski definition) is 0. The molecular weight excluding hydrogens is 581 g/mol. The summed E-state index contributed by atoms with van der Waals surface area (Å²) in [7, 11) is 0. The molecule has 0 fully saturated rings. The smallest absolute Gasteiger partial charge is 0.0702 e.